The second kappa shape index (κ2) is 6.02. The minimum absolute atomic E-state index is 0.0141. The van der Waals surface area contributed by atoms with E-state index in [9.17, 15) is 4.79 Å². The first-order valence-corrected chi connectivity index (χ1v) is 5.73. The summed E-state index contributed by atoms with van der Waals surface area (Å²) in [5, 5.41) is 0.665. The summed E-state index contributed by atoms with van der Waals surface area (Å²) in [5.74, 6) is 0.144. The van der Waals surface area contributed by atoms with Crippen molar-refractivity contribution in [3.8, 4) is 0 Å². The fourth-order valence-corrected chi connectivity index (χ4v) is 1.82. The lowest BCUT2D eigenvalue weighted by Gasteiger charge is -2.11. The summed E-state index contributed by atoms with van der Waals surface area (Å²) >= 11 is 5.85. The molecular formula is C13H17ClO2. The molecule has 0 saturated heterocycles. The van der Waals surface area contributed by atoms with Gasteiger partial charge in [-0.2, -0.15) is 0 Å². The molecule has 0 heterocycles. The first-order chi connectivity index (χ1) is 7.56. The third-order valence-electron chi connectivity index (χ3n) is 2.66. The second-order valence-electron chi connectivity index (χ2n) is 4.01. The molecule has 0 amide bonds. The van der Waals surface area contributed by atoms with Gasteiger partial charge in [-0.05, 0) is 37.1 Å². The number of halogens is 1. The van der Waals surface area contributed by atoms with Crippen LogP contribution in [0.3, 0.4) is 0 Å². The van der Waals surface area contributed by atoms with Crippen molar-refractivity contribution in [2.45, 2.75) is 20.3 Å². The smallest absolute Gasteiger partial charge is 0.166 e. The lowest BCUT2D eigenvalue weighted by Crippen LogP contribution is -2.14. The van der Waals surface area contributed by atoms with Crippen LogP contribution in [0.4, 0.5) is 0 Å². The molecule has 1 atom stereocenters. The maximum absolute atomic E-state index is 12.1. The van der Waals surface area contributed by atoms with Gasteiger partial charge in [0, 0.05) is 30.2 Å². The average Bonchev–Trinajstić information content (AvgIpc) is 2.25. The Bertz CT molecular complexity index is 374. The number of methoxy groups -OCH3 is 1. The first-order valence-electron chi connectivity index (χ1n) is 5.35. The van der Waals surface area contributed by atoms with Crippen LogP contribution in [0.5, 0.6) is 0 Å². The molecule has 1 aromatic rings. The molecule has 0 bridgehead atoms. The largest absolute Gasteiger partial charge is 0.385 e. The summed E-state index contributed by atoms with van der Waals surface area (Å²) in [6.07, 6.45) is 0.747. The minimum Gasteiger partial charge on any atom is -0.385 e. The van der Waals surface area contributed by atoms with Crippen LogP contribution in [0, 0.1) is 12.8 Å². The van der Waals surface area contributed by atoms with Crippen molar-refractivity contribution in [3.05, 3.63) is 34.3 Å². The number of benzene rings is 1. The second-order valence-corrected chi connectivity index (χ2v) is 4.44. The monoisotopic (exact) mass is 240 g/mol. The van der Waals surface area contributed by atoms with Crippen LogP contribution in [-0.2, 0) is 4.74 Å². The molecule has 1 aromatic carbocycles. The van der Waals surface area contributed by atoms with Crippen LogP contribution in [0.25, 0.3) is 0 Å². The van der Waals surface area contributed by atoms with Gasteiger partial charge in [-0.15, -0.1) is 0 Å². The maximum Gasteiger partial charge on any atom is 0.166 e. The van der Waals surface area contributed by atoms with Crippen LogP contribution in [0.1, 0.15) is 29.3 Å². The minimum atomic E-state index is -0.0141. The Balaban J connectivity index is 2.79. The van der Waals surface area contributed by atoms with E-state index in [1.165, 1.54) is 0 Å². The number of hydrogen-bond donors (Lipinski definition) is 0. The van der Waals surface area contributed by atoms with Gasteiger partial charge in [0.1, 0.15) is 0 Å². The van der Waals surface area contributed by atoms with E-state index in [0.29, 0.717) is 11.6 Å². The third-order valence-corrected chi connectivity index (χ3v) is 2.89. The molecule has 0 aliphatic heterocycles. The summed E-state index contributed by atoms with van der Waals surface area (Å²) in [6.45, 7) is 4.44. The van der Waals surface area contributed by atoms with E-state index < -0.39 is 0 Å². The molecule has 1 rings (SSSR count). The van der Waals surface area contributed by atoms with Crippen LogP contribution < -0.4 is 0 Å². The topological polar surface area (TPSA) is 26.3 Å². The number of carbonyl (C=O) groups is 1. The molecule has 0 N–H and O–H groups in total. The van der Waals surface area contributed by atoms with E-state index in [4.69, 9.17) is 16.3 Å². The molecule has 1 unspecified atom stereocenters. The fraction of sp³-hybridized carbons (Fsp3) is 0.462. The molecule has 0 aromatic heterocycles. The highest BCUT2D eigenvalue weighted by Gasteiger charge is 2.16. The molecule has 0 fully saturated rings. The van der Waals surface area contributed by atoms with Gasteiger partial charge in [-0.25, -0.2) is 0 Å². The van der Waals surface area contributed by atoms with Gasteiger partial charge in [0.05, 0.1) is 0 Å². The number of aryl methyl sites for hydroxylation is 1. The van der Waals surface area contributed by atoms with Crippen LogP contribution in [0.15, 0.2) is 18.2 Å². The van der Waals surface area contributed by atoms with Crippen LogP contribution in [0.2, 0.25) is 5.02 Å². The zero-order chi connectivity index (χ0) is 12.1. The lowest BCUT2D eigenvalue weighted by molar-refractivity contribution is 0.0893. The lowest BCUT2D eigenvalue weighted by atomic mass is 9.94. The molecule has 0 spiro atoms. The predicted molar refractivity (Wildman–Crippen MR) is 66.2 cm³/mol. The Morgan fingerprint density at radius 1 is 1.50 bits per heavy atom. The van der Waals surface area contributed by atoms with Crippen molar-refractivity contribution in [2.24, 2.45) is 5.92 Å². The summed E-state index contributed by atoms with van der Waals surface area (Å²) in [6, 6.07) is 5.37. The van der Waals surface area contributed by atoms with E-state index in [-0.39, 0.29) is 11.7 Å². The van der Waals surface area contributed by atoms with Gasteiger partial charge >= 0.3 is 0 Å². The Hall–Kier alpha value is -0.860. The number of ether oxygens (including phenoxy) is 1. The number of carbonyl (C=O) groups excluding carboxylic acids is 1. The van der Waals surface area contributed by atoms with Gasteiger partial charge < -0.3 is 4.74 Å². The number of hydrogen-bond acceptors (Lipinski definition) is 2. The van der Waals surface area contributed by atoms with E-state index in [2.05, 4.69) is 0 Å². The quantitative estimate of drug-likeness (QED) is 0.737. The van der Waals surface area contributed by atoms with Crippen molar-refractivity contribution in [1.29, 1.82) is 0 Å². The Morgan fingerprint density at radius 2 is 2.19 bits per heavy atom. The van der Waals surface area contributed by atoms with Crippen LogP contribution in [-0.4, -0.2) is 19.5 Å². The molecule has 0 saturated carbocycles. The van der Waals surface area contributed by atoms with Crippen molar-refractivity contribution in [1.82, 2.24) is 0 Å². The predicted octanol–water partition coefficient (Wildman–Crippen LogP) is 3.50. The van der Waals surface area contributed by atoms with Crippen molar-refractivity contribution >= 4 is 17.4 Å². The van der Waals surface area contributed by atoms with Crippen molar-refractivity contribution < 1.29 is 9.53 Å². The molecule has 3 heteroatoms. The normalized spacial score (nSPS) is 12.5. The highest BCUT2D eigenvalue weighted by atomic mass is 35.5. The van der Waals surface area contributed by atoms with Gasteiger partial charge in [-0.3, -0.25) is 4.79 Å². The van der Waals surface area contributed by atoms with Crippen molar-refractivity contribution in [3.63, 3.8) is 0 Å². The molecule has 0 aliphatic carbocycles. The van der Waals surface area contributed by atoms with E-state index in [0.717, 1.165) is 17.5 Å². The third kappa shape index (κ3) is 3.32. The number of Topliss-reactive ketones (excluding diaryl/α,β-unsaturated/α-hetero) is 1. The first kappa shape index (κ1) is 13.2. The van der Waals surface area contributed by atoms with Crippen LogP contribution >= 0.6 is 11.6 Å². The standard InChI is InChI=1S/C13H17ClO2/c1-9(6-7-16-3)13(15)12-5-4-11(14)8-10(12)2/h4-5,8-9H,6-7H2,1-3H3. The van der Waals surface area contributed by atoms with E-state index in [1.807, 2.05) is 19.9 Å². The van der Waals surface area contributed by atoms with E-state index >= 15 is 0 Å². The summed E-state index contributed by atoms with van der Waals surface area (Å²) in [5.41, 5.74) is 1.69. The van der Waals surface area contributed by atoms with E-state index in [1.54, 1.807) is 19.2 Å². The molecule has 0 radical (unpaired) electrons. The molecule has 88 valence electrons. The number of ketones is 1. The highest BCUT2D eigenvalue weighted by Crippen LogP contribution is 2.19. The summed E-state index contributed by atoms with van der Waals surface area (Å²) in [4.78, 5) is 12.1. The molecule has 0 aliphatic rings. The van der Waals surface area contributed by atoms with Gasteiger partial charge in [0.15, 0.2) is 5.78 Å². The SMILES string of the molecule is COCCC(C)C(=O)c1ccc(Cl)cc1C. The fourth-order valence-electron chi connectivity index (χ4n) is 1.59. The zero-order valence-corrected chi connectivity index (χ0v) is 10.7. The van der Waals surface area contributed by atoms with Crippen molar-refractivity contribution in [2.75, 3.05) is 13.7 Å². The van der Waals surface area contributed by atoms with Gasteiger partial charge in [0.2, 0.25) is 0 Å². The Kier molecular flexibility index (Phi) is 4.97. The Labute approximate surface area is 102 Å². The highest BCUT2D eigenvalue weighted by molar-refractivity contribution is 6.30. The molecule has 2 nitrogen and oxygen atoms in total. The van der Waals surface area contributed by atoms with Gasteiger partial charge in [0.25, 0.3) is 0 Å². The number of rotatable bonds is 5. The Morgan fingerprint density at radius 3 is 2.75 bits per heavy atom. The summed E-state index contributed by atoms with van der Waals surface area (Å²) in [7, 11) is 1.64. The average molecular weight is 241 g/mol. The zero-order valence-electron chi connectivity index (χ0n) is 9.92. The molecular weight excluding hydrogens is 224 g/mol. The maximum atomic E-state index is 12.1. The van der Waals surface area contributed by atoms with Gasteiger partial charge in [-0.1, -0.05) is 18.5 Å². The molecule has 16 heavy (non-hydrogen) atoms. The summed E-state index contributed by atoms with van der Waals surface area (Å²) < 4.78 is 4.97.